The average molecular weight is 648 g/mol. The van der Waals surface area contributed by atoms with Crippen LogP contribution in [0.15, 0.2) is 63.9 Å². The van der Waals surface area contributed by atoms with E-state index < -0.39 is 15.4 Å². The molecule has 4 aromatic rings. The predicted molar refractivity (Wildman–Crippen MR) is 181 cm³/mol. The van der Waals surface area contributed by atoms with Crippen LogP contribution in [0.4, 0.5) is 17.1 Å². The van der Waals surface area contributed by atoms with Crippen LogP contribution in [-0.2, 0) is 32.7 Å². The van der Waals surface area contributed by atoms with E-state index in [4.69, 9.17) is 4.42 Å². The molecule has 3 heterocycles. The summed E-state index contributed by atoms with van der Waals surface area (Å²) >= 11 is 0. The molecule has 1 unspecified atom stereocenters. The topological polar surface area (TPSA) is 134 Å². The number of aromatic nitrogens is 1. The summed E-state index contributed by atoms with van der Waals surface area (Å²) in [6.07, 6.45) is 3.59. The molecule has 2 aromatic carbocycles. The molecular formula is C34H41N5O6S. The van der Waals surface area contributed by atoms with Crippen molar-refractivity contribution in [3.8, 4) is 0 Å². The zero-order valence-corrected chi connectivity index (χ0v) is 28.1. The Kier molecular flexibility index (Phi) is 8.89. The summed E-state index contributed by atoms with van der Waals surface area (Å²) in [5.74, 6) is -0.0157. The third kappa shape index (κ3) is 6.45. The predicted octanol–water partition coefficient (Wildman–Crippen LogP) is 5.18. The smallest absolute Gasteiger partial charge is 0.261 e. The highest BCUT2D eigenvalue weighted by Gasteiger charge is 2.42. The highest BCUT2D eigenvalue weighted by molar-refractivity contribution is 7.92. The average Bonchev–Trinajstić information content (AvgIpc) is 3.38. The van der Waals surface area contributed by atoms with Gasteiger partial charge in [-0.25, -0.2) is 8.42 Å². The number of amides is 2. The first kappa shape index (κ1) is 33.0. The number of fused-ring (bicyclic) bond motifs is 2. The number of rotatable bonds is 10. The van der Waals surface area contributed by atoms with Gasteiger partial charge in [0.25, 0.3) is 5.56 Å². The van der Waals surface area contributed by atoms with Crippen molar-refractivity contribution in [2.45, 2.75) is 60.2 Å². The number of pyridine rings is 1. The number of furan rings is 1. The van der Waals surface area contributed by atoms with Crippen LogP contribution in [0.1, 0.15) is 55.7 Å². The van der Waals surface area contributed by atoms with E-state index in [0.717, 1.165) is 22.9 Å². The van der Waals surface area contributed by atoms with Gasteiger partial charge in [-0.15, -0.1) is 0 Å². The fourth-order valence-electron chi connectivity index (χ4n) is 6.14. The molecule has 1 aliphatic rings. The molecule has 0 radical (unpaired) electrons. The second-order valence-electron chi connectivity index (χ2n) is 12.6. The van der Waals surface area contributed by atoms with Gasteiger partial charge in [0.05, 0.1) is 28.7 Å². The van der Waals surface area contributed by atoms with Crippen LogP contribution in [0.5, 0.6) is 0 Å². The van der Waals surface area contributed by atoms with Gasteiger partial charge in [-0.1, -0.05) is 31.2 Å². The molecule has 2 N–H and O–H groups in total. The molecule has 46 heavy (non-hydrogen) atoms. The van der Waals surface area contributed by atoms with Gasteiger partial charge in [-0.05, 0) is 69.5 Å². The number of hydrogen-bond acceptors (Lipinski definition) is 7. The molecule has 11 nitrogen and oxygen atoms in total. The van der Waals surface area contributed by atoms with Gasteiger partial charge in [0.2, 0.25) is 21.8 Å². The molecule has 244 valence electrons. The molecule has 0 saturated heterocycles. The van der Waals surface area contributed by atoms with E-state index in [2.05, 4.69) is 21.9 Å². The third-order valence-electron chi connectivity index (χ3n) is 8.62. The standard InChI is InChI=1S/C34H41N5O6S/c1-8-28(23-13-14-27-29(18-23)37(6)33(42)34(4,5)32(41)35-27)38(20-24-11-9-10-12-26(24)36-46(7,43)44)15-16-39-19-21(2)30-25(31(39)40)17-22(3)45-30/h9-14,17-19,28,36H,8,15-16,20H2,1-7H3,(H,35,41). The number of carbonyl (C=O) groups excluding carboxylic acids is 2. The first-order chi connectivity index (χ1) is 21.6. The molecule has 0 spiro atoms. The molecule has 5 rings (SSSR count). The normalized spacial score (nSPS) is 15.5. The molecule has 0 fully saturated rings. The van der Waals surface area contributed by atoms with Crippen LogP contribution in [0.3, 0.4) is 0 Å². The monoisotopic (exact) mass is 647 g/mol. The van der Waals surface area contributed by atoms with Crippen molar-refractivity contribution in [2.24, 2.45) is 5.41 Å². The Balaban J connectivity index is 1.56. The van der Waals surface area contributed by atoms with Crippen LogP contribution >= 0.6 is 0 Å². The van der Waals surface area contributed by atoms with Gasteiger partial charge in [0.1, 0.15) is 16.8 Å². The van der Waals surface area contributed by atoms with Crippen molar-refractivity contribution in [3.63, 3.8) is 0 Å². The molecular weight excluding hydrogens is 606 g/mol. The fraction of sp³-hybridized carbons (Fsp3) is 0.382. The lowest BCUT2D eigenvalue weighted by atomic mass is 9.91. The fourth-order valence-corrected chi connectivity index (χ4v) is 6.74. The Morgan fingerprint density at radius 1 is 1.07 bits per heavy atom. The summed E-state index contributed by atoms with van der Waals surface area (Å²) < 4.78 is 34.5. The lowest BCUT2D eigenvalue weighted by molar-refractivity contribution is -0.136. The Morgan fingerprint density at radius 3 is 2.48 bits per heavy atom. The minimum Gasteiger partial charge on any atom is -0.461 e. The maximum Gasteiger partial charge on any atom is 0.261 e. The number of benzene rings is 2. The van der Waals surface area contributed by atoms with Gasteiger partial charge in [0.15, 0.2) is 0 Å². The quantitative estimate of drug-likeness (QED) is 0.227. The summed E-state index contributed by atoms with van der Waals surface area (Å²) in [7, 11) is -1.86. The van der Waals surface area contributed by atoms with E-state index in [-0.39, 0.29) is 23.4 Å². The van der Waals surface area contributed by atoms with Gasteiger partial charge >= 0.3 is 0 Å². The molecule has 2 amide bonds. The van der Waals surface area contributed by atoms with E-state index in [1.807, 2.05) is 44.2 Å². The minimum absolute atomic E-state index is 0.145. The number of carbonyl (C=O) groups is 2. The number of anilines is 3. The summed E-state index contributed by atoms with van der Waals surface area (Å²) in [6, 6.07) is 14.5. The molecule has 2 aromatic heterocycles. The van der Waals surface area contributed by atoms with Gasteiger partial charge < -0.3 is 19.2 Å². The van der Waals surface area contributed by atoms with E-state index in [1.165, 1.54) is 4.90 Å². The van der Waals surface area contributed by atoms with Crippen LogP contribution in [0, 0.1) is 19.3 Å². The molecule has 1 atom stereocenters. The molecule has 12 heteroatoms. The maximum atomic E-state index is 13.5. The highest BCUT2D eigenvalue weighted by Crippen LogP contribution is 2.38. The number of nitrogens with one attached hydrogen (secondary N) is 2. The number of aryl methyl sites for hydroxylation is 2. The van der Waals surface area contributed by atoms with E-state index in [9.17, 15) is 22.8 Å². The number of nitrogens with zero attached hydrogens (tertiary/aromatic N) is 3. The number of para-hydroxylation sites is 1. The Hall–Kier alpha value is -4.42. The van der Waals surface area contributed by atoms with E-state index in [0.29, 0.717) is 59.8 Å². The van der Waals surface area contributed by atoms with Crippen LogP contribution in [0.25, 0.3) is 11.0 Å². The highest BCUT2D eigenvalue weighted by atomic mass is 32.2. The van der Waals surface area contributed by atoms with Crippen molar-refractivity contribution in [1.29, 1.82) is 0 Å². The summed E-state index contributed by atoms with van der Waals surface area (Å²) in [6.45, 7) is 10.2. The third-order valence-corrected chi connectivity index (χ3v) is 9.21. The second-order valence-corrected chi connectivity index (χ2v) is 14.3. The van der Waals surface area contributed by atoms with Crippen LogP contribution in [0.2, 0.25) is 0 Å². The molecule has 1 aliphatic heterocycles. The minimum atomic E-state index is -3.53. The Morgan fingerprint density at radius 2 is 1.78 bits per heavy atom. The van der Waals surface area contributed by atoms with Crippen molar-refractivity contribution >= 4 is 49.9 Å². The van der Waals surface area contributed by atoms with Crippen molar-refractivity contribution in [2.75, 3.05) is 34.8 Å². The van der Waals surface area contributed by atoms with Crippen molar-refractivity contribution in [3.05, 3.63) is 87.5 Å². The van der Waals surface area contributed by atoms with Gasteiger partial charge in [-0.2, -0.15) is 0 Å². The van der Waals surface area contributed by atoms with E-state index in [1.54, 1.807) is 49.9 Å². The van der Waals surface area contributed by atoms with Crippen LogP contribution < -0.4 is 20.5 Å². The largest absolute Gasteiger partial charge is 0.461 e. The maximum absolute atomic E-state index is 13.5. The zero-order valence-electron chi connectivity index (χ0n) is 27.3. The Labute approximate surface area is 269 Å². The second kappa shape index (κ2) is 12.4. The lowest BCUT2D eigenvalue weighted by Crippen LogP contribution is -2.43. The lowest BCUT2D eigenvalue weighted by Gasteiger charge is -2.33. The first-order valence-corrected chi connectivity index (χ1v) is 17.1. The number of sulfonamides is 1. The van der Waals surface area contributed by atoms with Crippen LogP contribution in [-0.4, -0.2) is 49.5 Å². The number of hydrogen-bond donors (Lipinski definition) is 2. The van der Waals surface area contributed by atoms with E-state index >= 15 is 0 Å². The van der Waals surface area contributed by atoms with Gasteiger partial charge in [0, 0.05) is 44.5 Å². The zero-order chi connectivity index (χ0) is 33.6. The van der Waals surface area contributed by atoms with Crippen molar-refractivity contribution in [1.82, 2.24) is 9.47 Å². The molecule has 0 bridgehead atoms. The Bertz CT molecular complexity index is 1990. The summed E-state index contributed by atoms with van der Waals surface area (Å²) in [5, 5.41) is 3.43. The summed E-state index contributed by atoms with van der Waals surface area (Å²) in [5.41, 5.74) is 3.35. The molecule has 0 saturated carbocycles. The molecule has 0 aliphatic carbocycles. The summed E-state index contributed by atoms with van der Waals surface area (Å²) in [4.78, 5) is 43.4. The first-order valence-electron chi connectivity index (χ1n) is 15.2. The van der Waals surface area contributed by atoms with Crippen molar-refractivity contribution < 1.29 is 22.4 Å². The SMILES string of the molecule is CCC(c1ccc2c(c1)N(C)C(=O)C(C)(C)C(=O)N2)N(CCn1cc(C)c2oc(C)cc2c1=O)Cc1ccccc1NS(C)(=O)=O. The van der Waals surface area contributed by atoms with Gasteiger partial charge in [-0.3, -0.25) is 24.0 Å².